The smallest absolute Gasteiger partial charge is 0.330 e. The maximum atomic E-state index is 12.4. The zero-order valence-electron chi connectivity index (χ0n) is 14.5. The van der Waals surface area contributed by atoms with Gasteiger partial charge >= 0.3 is 12.0 Å². The minimum atomic E-state index is -1.14. The van der Waals surface area contributed by atoms with Crippen molar-refractivity contribution in [1.82, 2.24) is 15.1 Å². The van der Waals surface area contributed by atoms with E-state index in [4.69, 9.17) is 0 Å². The molecule has 25 heavy (non-hydrogen) atoms. The van der Waals surface area contributed by atoms with Gasteiger partial charge in [0, 0.05) is 19.6 Å². The lowest BCUT2D eigenvalue weighted by molar-refractivity contribution is -0.139. The van der Waals surface area contributed by atoms with Gasteiger partial charge < -0.3 is 20.2 Å². The van der Waals surface area contributed by atoms with E-state index in [0.29, 0.717) is 25.2 Å². The summed E-state index contributed by atoms with van der Waals surface area (Å²) >= 11 is 0. The minimum Gasteiger partial charge on any atom is -0.479 e. The Morgan fingerprint density at radius 2 is 1.92 bits per heavy atom. The molecule has 0 aromatic heterocycles. The number of carboxylic acids is 1. The summed E-state index contributed by atoms with van der Waals surface area (Å²) in [5.74, 6) is -1.23. The van der Waals surface area contributed by atoms with Crippen molar-refractivity contribution in [2.45, 2.75) is 32.2 Å². The van der Waals surface area contributed by atoms with Crippen LogP contribution in [0.15, 0.2) is 30.3 Å². The molecule has 7 heteroatoms. The van der Waals surface area contributed by atoms with Gasteiger partial charge in [0.15, 0.2) is 6.04 Å². The van der Waals surface area contributed by atoms with Crippen molar-refractivity contribution in [2.75, 3.05) is 26.2 Å². The van der Waals surface area contributed by atoms with Crippen molar-refractivity contribution in [3.8, 4) is 0 Å². The number of carboxylic acid groups (broad SMARTS) is 1. The zero-order chi connectivity index (χ0) is 18.2. The third-order valence-electron chi connectivity index (χ3n) is 4.29. The van der Waals surface area contributed by atoms with Crippen LogP contribution in [-0.4, -0.2) is 59.0 Å². The number of benzene rings is 1. The van der Waals surface area contributed by atoms with Gasteiger partial charge in [-0.25, -0.2) is 9.59 Å². The Morgan fingerprint density at radius 3 is 2.52 bits per heavy atom. The molecule has 0 spiro atoms. The molecule has 0 aliphatic carbocycles. The molecule has 1 atom stereocenters. The highest BCUT2D eigenvalue weighted by Crippen LogP contribution is 2.14. The SMILES string of the molecule is CCCCCN1CCN(C(=O)NC(C(=O)O)c2ccccc2)CC1=O. The Kier molecular flexibility index (Phi) is 6.80. The predicted octanol–water partition coefficient (Wildman–Crippen LogP) is 1.86. The third-order valence-corrected chi connectivity index (χ3v) is 4.29. The molecule has 2 rings (SSSR count). The molecule has 1 aliphatic heterocycles. The molecule has 1 unspecified atom stereocenters. The van der Waals surface area contributed by atoms with E-state index in [0.717, 1.165) is 19.3 Å². The summed E-state index contributed by atoms with van der Waals surface area (Å²) in [5, 5.41) is 11.9. The second-order valence-corrected chi connectivity index (χ2v) is 6.14. The number of urea groups is 1. The molecule has 1 aromatic carbocycles. The van der Waals surface area contributed by atoms with Crippen molar-refractivity contribution in [3.63, 3.8) is 0 Å². The number of nitrogens with one attached hydrogen (secondary N) is 1. The highest BCUT2D eigenvalue weighted by atomic mass is 16.4. The number of hydrogen-bond donors (Lipinski definition) is 2. The van der Waals surface area contributed by atoms with Gasteiger partial charge in [0.2, 0.25) is 5.91 Å². The Labute approximate surface area is 147 Å². The van der Waals surface area contributed by atoms with E-state index in [9.17, 15) is 19.5 Å². The predicted molar refractivity (Wildman–Crippen MR) is 93.0 cm³/mol. The zero-order valence-corrected chi connectivity index (χ0v) is 14.5. The maximum Gasteiger partial charge on any atom is 0.330 e. The molecule has 3 amide bonds. The summed E-state index contributed by atoms with van der Waals surface area (Å²) in [6.07, 6.45) is 3.13. The fourth-order valence-electron chi connectivity index (χ4n) is 2.82. The summed E-state index contributed by atoms with van der Waals surface area (Å²) in [6.45, 7) is 3.70. The quantitative estimate of drug-likeness (QED) is 0.737. The van der Waals surface area contributed by atoms with Crippen molar-refractivity contribution < 1.29 is 19.5 Å². The molecular formula is C18H25N3O4. The van der Waals surface area contributed by atoms with Crippen LogP contribution < -0.4 is 5.32 Å². The molecule has 1 aliphatic rings. The molecule has 1 aromatic rings. The number of carbonyl (C=O) groups is 3. The standard InChI is InChI=1S/C18H25N3O4/c1-2-3-7-10-20-11-12-21(13-15(20)22)18(25)19-16(17(23)24)14-8-5-4-6-9-14/h4-6,8-9,16H,2-3,7,10-13H2,1H3,(H,19,25)(H,23,24). The van der Waals surface area contributed by atoms with Crippen molar-refractivity contribution in [2.24, 2.45) is 0 Å². The first-order valence-corrected chi connectivity index (χ1v) is 8.64. The van der Waals surface area contributed by atoms with E-state index < -0.39 is 18.0 Å². The van der Waals surface area contributed by atoms with Gasteiger partial charge in [-0.2, -0.15) is 0 Å². The van der Waals surface area contributed by atoms with Crippen LogP contribution in [0, 0.1) is 0 Å². The molecular weight excluding hydrogens is 322 g/mol. The van der Waals surface area contributed by atoms with Gasteiger partial charge in [-0.05, 0) is 12.0 Å². The molecule has 0 bridgehead atoms. The van der Waals surface area contributed by atoms with E-state index >= 15 is 0 Å². The van der Waals surface area contributed by atoms with Crippen LogP contribution in [-0.2, 0) is 9.59 Å². The molecule has 1 fully saturated rings. The lowest BCUT2D eigenvalue weighted by atomic mass is 10.1. The van der Waals surface area contributed by atoms with Crippen LogP contribution in [0.3, 0.4) is 0 Å². The van der Waals surface area contributed by atoms with Gasteiger partial charge in [0.25, 0.3) is 0 Å². The van der Waals surface area contributed by atoms with Crippen LogP contribution in [0.1, 0.15) is 37.8 Å². The number of aliphatic carboxylic acids is 1. The summed E-state index contributed by atoms with van der Waals surface area (Å²) in [6, 6.07) is 6.85. The number of nitrogens with zero attached hydrogens (tertiary/aromatic N) is 2. The van der Waals surface area contributed by atoms with Crippen molar-refractivity contribution in [1.29, 1.82) is 0 Å². The normalized spacial score (nSPS) is 15.8. The van der Waals surface area contributed by atoms with E-state index in [1.165, 1.54) is 4.90 Å². The third kappa shape index (κ3) is 5.20. The van der Waals surface area contributed by atoms with Crippen LogP contribution in [0.5, 0.6) is 0 Å². The molecule has 0 radical (unpaired) electrons. The molecule has 7 nitrogen and oxygen atoms in total. The lowest BCUT2D eigenvalue weighted by Gasteiger charge is -2.34. The van der Waals surface area contributed by atoms with Gasteiger partial charge in [-0.3, -0.25) is 4.79 Å². The van der Waals surface area contributed by atoms with Crippen LogP contribution in [0.2, 0.25) is 0 Å². The van der Waals surface area contributed by atoms with Gasteiger partial charge in [-0.15, -0.1) is 0 Å². The largest absolute Gasteiger partial charge is 0.479 e. The van der Waals surface area contributed by atoms with Crippen molar-refractivity contribution >= 4 is 17.9 Å². The Balaban J connectivity index is 1.92. The maximum absolute atomic E-state index is 12.4. The highest BCUT2D eigenvalue weighted by molar-refractivity contribution is 5.88. The first-order chi connectivity index (χ1) is 12.0. The topological polar surface area (TPSA) is 89.9 Å². The first-order valence-electron chi connectivity index (χ1n) is 8.64. The number of amides is 3. The Morgan fingerprint density at radius 1 is 1.20 bits per heavy atom. The minimum absolute atomic E-state index is 0.0148. The van der Waals surface area contributed by atoms with E-state index in [1.807, 2.05) is 0 Å². The number of carbonyl (C=O) groups excluding carboxylic acids is 2. The monoisotopic (exact) mass is 347 g/mol. The molecule has 1 saturated heterocycles. The Hall–Kier alpha value is -2.57. The average Bonchev–Trinajstić information content (AvgIpc) is 2.61. The lowest BCUT2D eigenvalue weighted by Crippen LogP contribution is -2.55. The summed E-state index contributed by atoms with van der Waals surface area (Å²) in [5.41, 5.74) is 0.493. The van der Waals surface area contributed by atoms with E-state index in [-0.39, 0.29) is 12.5 Å². The number of rotatable bonds is 7. The van der Waals surface area contributed by atoms with Crippen LogP contribution in [0.25, 0.3) is 0 Å². The highest BCUT2D eigenvalue weighted by Gasteiger charge is 2.30. The van der Waals surface area contributed by atoms with E-state index in [2.05, 4.69) is 12.2 Å². The summed E-state index contributed by atoms with van der Waals surface area (Å²) in [7, 11) is 0. The van der Waals surface area contributed by atoms with Crippen LogP contribution >= 0.6 is 0 Å². The second kappa shape index (κ2) is 9.05. The molecule has 2 N–H and O–H groups in total. The average molecular weight is 347 g/mol. The van der Waals surface area contributed by atoms with Crippen LogP contribution in [0.4, 0.5) is 4.79 Å². The molecule has 1 heterocycles. The van der Waals surface area contributed by atoms with E-state index in [1.54, 1.807) is 35.2 Å². The number of hydrogen-bond acceptors (Lipinski definition) is 3. The van der Waals surface area contributed by atoms with Gasteiger partial charge in [0.1, 0.15) is 6.54 Å². The number of piperazine rings is 1. The fourth-order valence-corrected chi connectivity index (χ4v) is 2.82. The number of unbranched alkanes of at least 4 members (excludes halogenated alkanes) is 2. The second-order valence-electron chi connectivity index (χ2n) is 6.14. The van der Waals surface area contributed by atoms with Gasteiger partial charge in [0.05, 0.1) is 0 Å². The molecule has 0 saturated carbocycles. The summed E-state index contributed by atoms with van der Waals surface area (Å²) < 4.78 is 0. The van der Waals surface area contributed by atoms with Crippen molar-refractivity contribution in [3.05, 3.63) is 35.9 Å². The van der Waals surface area contributed by atoms with Gasteiger partial charge in [-0.1, -0.05) is 50.1 Å². The first kappa shape index (κ1) is 18.8. The summed E-state index contributed by atoms with van der Waals surface area (Å²) in [4.78, 5) is 39.2. The Bertz CT molecular complexity index is 606. The fraction of sp³-hybridized carbons (Fsp3) is 0.500. The molecule has 136 valence electrons.